The molecular formula is C21H20BrN3O2. The van der Waals surface area contributed by atoms with Crippen molar-refractivity contribution in [2.75, 3.05) is 7.11 Å². The van der Waals surface area contributed by atoms with E-state index in [0.29, 0.717) is 19.4 Å². The smallest absolute Gasteiger partial charge is 0.220 e. The summed E-state index contributed by atoms with van der Waals surface area (Å²) in [5, 5.41) is 2.97. The van der Waals surface area contributed by atoms with Crippen LogP contribution in [-0.4, -0.2) is 23.0 Å². The second kappa shape index (κ2) is 9.28. The number of hydrogen-bond acceptors (Lipinski definition) is 4. The van der Waals surface area contributed by atoms with E-state index in [1.54, 1.807) is 25.7 Å². The predicted molar refractivity (Wildman–Crippen MR) is 108 cm³/mol. The monoisotopic (exact) mass is 425 g/mol. The Morgan fingerprint density at radius 2 is 2.04 bits per heavy atom. The van der Waals surface area contributed by atoms with Gasteiger partial charge in [-0.15, -0.1) is 0 Å². The third-order valence-corrected chi connectivity index (χ3v) is 4.75. The number of nitrogens with zero attached hydrogens (tertiary/aromatic N) is 2. The van der Waals surface area contributed by atoms with Crippen LogP contribution >= 0.6 is 15.9 Å². The number of amides is 1. The zero-order valence-corrected chi connectivity index (χ0v) is 16.6. The molecule has 138 valence electrons. The van der Waals surface area contributed by atoms with Gasteiger partial charge in [0, 0.05) is 37.1 Å². The van der Waals surface area contributed by atoms with Crippen molar-refractivity contribution < 1.29 is 9.53 Å². The van der Waals surface area contributed by atoms with Crippen LogP contribution in [0, 0.1) is 0 Å². The molecule has 0 saturated heterocycles. The van der Waals surface area contributed by atoms with Crippen LogP contribution in [0.2, 0.25) is 0 Å². The number of halogens is 1. The van der Waals surface area contributed by atoms with Gasteiger partial charge in [-0.1, -0.05) is 6.07 Å². The fourth-order valence-electron chi connectivity index (χ4n) is 2.67. The average Bonchev–Trinajstić information content (AvgIpc) is 2.71. The number of aromatic nitrogens is 2. The number of hydrogen-bond donors (Lipinski definition) is 1. The van der Waals surface area contributed by atoms with Gasteiger partial charge in [-0.2, -0.15) is 0 Å². The first-order chi connectivity index (χ1) is 13.2. The summed E-state index contributed by atoms with van der Waals surface area (Å²) >= 11 is 3.47. The Morgan fingerprint density at radius 3 is 2.78 bits per heavy atom. The van der Waals surface area contributed by atoms with E-state index in [9.17, 15) is 4.79 Å². The number of nitrogens with one attached hydrogen (secondary N) is 1. The molecule has 0 saturated carbocycles. The standard InChI is InChI=1S/C21H20BrN3O2/c1-27-20-6-4-15(11-18(20)22)5-7-21(26)25-13-16-8-10-24-19(12-16)17-3-2-9-23-14-17/h2-4,6,8-12,14H,5,7,13H2,1H3,(H,25,26). The van der Waals surface area contributed by atoms with E-state index < -0.39 is 0 Å². The van der Waals surface area contributed by atoms with Crippen LogP contribution in [-0.2, 0) is 17.8 Å². The highest BCUT2D eigenvalue weighted by molar-refractivity contribution is 9.10. The number of carbonyl (C=O) groups excluding carboxylic acids is 1. The van der Waals surface area contributed by atoms with Crippen molar-refractivity contribution in [2.24, 2.45) is 0 Å². The summed E-state index contributed by atoms with van der Waals surface area (Å²) in [6.07, 6.45) is 6.36. The number of pyridine rings is 2. The molecule has 27 heavy (non-hydrogen) atoms. The zero-order valence-electron chi connectivity index (χ0n) is 15.0. The third kappa shape index (κ3) is 5.37. The van der Waals surface area contributed by atoms with Gasteiger partial charge in [0.1, 0.15) is 5.75 Å². The van der Waals surface area contributed by atoms with Crippen molar-refractivity contribution in [1.82, 2.24) is 15.3 Å². The lowest BCUT2D eigenvalue weighted by Crippen LogP contribution is -2.23. The Bertz CT molecular complexity index is 916. The molecule has 1 aromatic carbocycles. The highest BCUT2D eigenvalue weighted by Crippen LogP contribution is 2.26. The van der Waals surface area contributed by atoms with Gasteiger partial charge in [-0.25, -0.2) is 0 Å². The summed E-state index contributed by atoms with van der Waals surface area (Å²) in [5.41, 5.74) is 3.89. The summed E-state index contributed by atoms with van der Waals surface area (Å²) in [7, 11) is 1.63. The number of methoxy groups -OCH3 is 1. The molecule has 0 spiro atoms. The Morgan fingerprint density at radius 1 is 1.15 bits per heavy atom. The Labute approximate surface area is 167 Å². The Kier molecular flexibility index (Phi) is 6.54. The highest BCUT2D eigenvalue weighted by Gasteiger charge is 2.06. The first kappa shape index (κ1) is 19.0. The summed E-state index contributed by atoms with van der Waals surface area (Å²) in [6.45, 7) is 0.473. The largest absolute Gasteiger partial charge is 0.496 e. The molecule has 3 aromatic rings. The molecule has 0 bridgehead atoms. The fraction of sp³-hybridized carbons (Fsp3) is 0.190. The maximum atomic E-state index is 12.2. The van der Waals surface area contributed by atoms with Gasteiger partial charge in [-0.3, -0.25) is 14.8 Å². The van der Waals surface area contributed by atoms with E-state index >= 15 is 0 Å². The zero-order chi connectivity index (χ0) is 19.1. The molecule has 2 heterocycles. The van der Waals surface area contributed by atoms with Crippen LogP contribution in [0.1, 0.15) is 17.5 Å². The van der Waals surface area contributed by atoms with Crippen LogP contribution in [0.5, 0.6) is 5.75 Å². The van der Waals surface area contributed by atoms with E-state index in [-0.39, 0.29) is 5.91 Å². The lowest BCUT2D eigenvalue weighted by molar-refractivity contribution is -0.121. The maximum absolute atomic E-state index is 12.2. The summed E-state index contributed by atoms with van der Waals surface area (Å²) in [5.74, 6) is 0.798. The second-order valence-corrected chi connectivity index (χ2v) is 6.89. The Hall–Kier alpha value is -2.73. The average molecular weight is 426 g/mol. The van der Waals surface area contributed by atoms with Crippen LogP contribution in [0.4, 0.5) is 0 Å². The van der Waals surface area contributed by atoms with E-state index in [4.69, 9.17) is 4.74 Å². The minimum absolute atomic E-state index is 0.0154. The highest BCUT2D eigenvalue weighted by atomic mass is 79.9. The molecule has 0 aliphatic heterocycles. The van der Waals surface area contributed by atoms with Crippen molar-refractivity contribution in [2.45, 2.75) is 19.4 Å². The van der Waals surface area contributed by atoms with Gasteiger partial charge in [0.25, 0.3) is 0 Å². The molecule has 1 N–H and O–H groups in total. The molecule has 1 amide bonds. The van der Waals surface area contributed by atoms with Gasteiger partial charge in [-0.05, 0) is 69.9 Å². The van der Waals surface area contributed by atoms with Crippen molar-refractivity contribution in [3.8, 4) is 17.0 Å². The lowest BCUT2D eigenvalue weighted by Gasteiger charge is -2.08. The van der Waals surface area contributed by atoms with Gasteiger partial charge in [0.05, 0.1) is 17.3 Å². The SMILES string of the molecule is COc1ccc(CCC(=O)NCc2ccnc(-c3cccnc3)c2)cc1Br. The molecule has 6 heteroatoms. The van der Waals surface area contributed by atoms with Gasteiger partial charge < -0.3 is 10.1 Å². The molecule has 0 unspecified atom stereocenters. The van der Waals surface area contributed by atoms with E-state index in [0.717, 1.165) is 32.6 Å². The molecule has 0 aliphatic carbocycles. The minimum Gasteiger partial charge on any atom is -0.496 e. The van der Waals surface area contributed by atoms with Crippen LogP contribution in [0.25, 0.3) is 11.3 Å². The second-order valence-electron chi connectivity index (χ2n) is 6.04. The van der Waals surface area contributed by atoms with Crippen LogP contribution in [0.3, 0.4) is 0 Å². The predicted octanol–water partition coefficient (Wildman–Crippen LogP) is 4.16. The first-order valence-corrected chi connectivity index (χ1v) is 9.39. The molecule has 0 radical (unpaired) electrons. The fourth-order valence-corrected chi connectivity index (χ4v) is 3.26. The molecular weight excluding hydrogens is 406 g/mol. The molecule has 3 rings (SSSR count). The van der Waals surface area contributed by atoms with Crippen LogP contribution in [0.15, 0.2) is 65.5 Å². The number of rotatable bonds is 7. The molecule has 0 aliphatic rings. The van der Waals surface area contributed by atoms with Gasteiger partial charge in [0.15, 0.2) is 0 Å². The normalized spacial score (nSPS) is 10.4. The third-order valence-electron chi connectivity index (χ3n) is 4.13. The quantitative estimate of drug-likeness (QED) is 0.616. The summed E-state index contributed by atoms with van der Waals surface area (Å²) in [6, 6.07) is 13.6. The van der Waals surface area contributed by atoms with Crippen LogP contribution < -0.4 is 10.1 Å². The molecule has 5 nitrogen and oxygen atoms in total. The van der Waals surface area contributed by atoms with Crippen molar-refractivity contribution in [1.29, 1.82) is 0 Å². The van der Waals surface area contributed by atoms with E-state index in [1.165, 1.54) is 0 Å². The van der Waals surface area contributed by atoms with Gasteiger partial charge >= 0.3 is 0 Å². The maximum Gasteiger partial charge on any atom is 0.220 e. The number of aryl methyl sites for hydroxylation is 1. The molecule has 0 fully saturated rings. The number of carbonyl (C=O) groups is 1. The Balaban J connectivity index is 1.53. The summed E-state index contributed by atoms with van der Waals surface area (Å²) in [4.78, 5) is 20.7. The lowest BCUT2D eigenvalue weighted by atomic mass is 10.1. The molecule has 0 atom stereocenters. The number of benzene rings is 1. The number of ether oxygens (including phenoxy) is 1. The van der Waals surface area contributed by atoms with E-state index in [2.05, 4.69) is 31.2 Å². The first-order valence-electron chi connectivity index (χ1n) is 8.60. The van der Waals surface area contributed by atoms with Gasteiger partial charge in [0.2, 0.25) is 5.91 Å². The topological polar surface area (TPSA) is 64.1 Å². The minimum atomic E-state index is 0.0154. The van der Waals surface area contributed by atoms with Crippen molar-refractivity contribution in [3.63, 3.8) is 0 Å². The van der Waals surface area contributed by atoms with Crippen molar-refractivity contribution >= 4 is 21.8 Å². The van der Waals surface area contributed by atoms with Crippen molar-refractivity contribution in [3.05, 3.63) is 76.7 Å². The molecule has 2 aromatic heterocycles. The summed E-state index contributed by atoms with van der Waals surface area (Å²) < 4.78 is 6.11. The van der Waals surface area contributed by atoms with E-state index in [1.807, 2.05) is 42.5 Å².